The van der Waals surface area contributed by atoms with E-state index < -0.39 is 11.5 Å². The van der Waals surface area contributed by atoms with E-state index in [1.807, 2.05) is 18.4 Å². The van der Waals surface area contributed by atoms with Crippen LogP contribution in [-0.4, -0.2) is 20.3 Å². The van der Waals surface area contributed by atoms with Gasteiger partial charge in [-0.2, -0.15) is 0 Å². The number of thiazole rings is 1. The molecule has 0 spiro atoms. The van der Waals surface area contributed by atoms with E-state index in [0.717, 1.165) is 29.7 Å². The highest BCUT2D eigenvalue weighted by atomic mass is 32.1. The number of aromatic nitrogens is 3. The molecule has 1 aliphatic carbocycles. The summed E-state index contributed by atoms with van der Waals surface area (Å²) in [4.78, 5) is 34.2. The summed E-state index contributed by atoms with van der Waals surface area (Å²) in [6.45, 7) is 1.89. The number of hydrogen-bond donors (Lipinski definition) is 1. The third kappa shape index (κ3) is 3.41. The predicted octanol–water partition coefficient (Wildman–Crippen LogP) is 4.26. The van der Waals surface area contributed by atoms with Gasteiger partial charge in [0.25, 0.3) is 11.5 Å². The molecule has 6 nitrogen and oxygen atoms in total. The van der Waals surface area contributed by atoms with E-state index in [-0.39, 0.29) is 5.56 Å². The van der Waals surface area contributed by atoms with Crippen LogP contribution >= 0.6 is 11.3 Å². The van der Waals surface area contributed by atoms with Gasteiger partial charge in [-0.1, -0.05) is 18.2 Å². The standard InChI is InChI=1S/C23H20N4O2S/c1-14-6-9-20-24-11-18(22(29)27(20)12-14)21(28)26-23-25-19(13-30-23)17-8-7-15-4-2-3-5-16(15)10-17/h6-13H,2-5H2,1H3,(H,25,26,28). The van der Waals surface area contributed by atoms with Crippen LogP contribution in [0.2, 0.25) is 0 Å². The van der Waals surface area contributed by atoms with Crippen molar-refractivity contribution in [2.24, 2.45) is 0 Å². The number of hydrogen-bond acceptors (Lipinski definition) is 5. The molecular weight excluding hydrogens is 396 g/mol. The fourth-order valence-electron chi connectivity index (χ4n) is 3.86. The van der Waals surface area contributed by atoms with Gasteiger partial charge in [0.1, 0.15) is 11.2 Å². The molecule has 150 valence electrons. The maximum atomic E-state index is 12.7. The first-order valence-corrected chi connectivity index (χ1v) is 10.8. The Hall–Kier alpha value is -3.32. The van der Waals surface area contributed by atoms with E-state index in [4.69, 9.17) is 0 Å². The summed E-state index contributed by atoms with van der Waals surface area (Å²) in [6, 6.07) is 10.1. The molecule has 0 fully saturated rings. The second-order valence-corrected chi connectivity index (χ2v) is 8.45. The molecule has 7 heteroatoms. The monoisotopic (exact) mass is 416 g/mol. The average Bonchev–Trinajstić information content (AvgIpc) is 3.22. The van der Waals surface area contributed by atoms with Crippen molar-refractivity contribution < 1.29 is 4.79 Å². The van der Waals surface area contributed by atoms with Gasteiger partial charge in [0.2, 0.25) is 0 Å². The van der Waals surface area contributed by atoms with Crippen LogP contribution in [0.4, 0.5) is 5.13 Å². The number of amides is 1. The molecule has 3 aromatic heterocycles. The smallest absolute Gasteiger partial charge is 0.270 e. The van der Waals surface area contributed by atoms with Crippen molar-refractivity contribution in [1.82, 2.24) is 14.4 Å². The normalized spacial score (nSPS) is 13.2. The molecule has 0 atom stereocenters. The first kappa shape index (κ1) is 18.7. The number of anilines is 1. The SMILES string of the molecule is Cc1ccc2ncc(C(=O)Nc3nc(-c4ccc5c(c4)CCCC5)cs3)c(=O)n2c1. The summed E-state index contributed by atoms with van der Waals surface area (Å²) in [5.74, 6) is -0.505. The summed E-state index contributed by atoms with van der Waals surface area (Å²) in [5.41, 5.74) is 5.71. The van der Waals surface area contributed by atoms with E-state index in [0.29, 0.717) is 10.8 Å². The molecule has 0 unspecified atom stereocenters. The van der Waals surface area contributed by atoms with Crippen LogP contribution in [0.5, 0.6) is 0 Å². The number of fused-ring (bicyclic) bond motifs is 2. The van der Waals surface area contributed by atoms with E-state index in [9.17, 15) is 9.59 Å². The minimum Gasteiger partial charge on any atom is -0.298 e. The largest absolute Gasteiger partial charge is 0.298 e. The van der Waals surface area contributed by atoms with Crippen molar-refractivity contribution in [3.8, 4) is 11.3 Å². The molecular formula is C23H20N4O2S. The number of rotatable bonds is 3. The summed E-state index contributed by atoms with van der Waals surface area (Å²) < 4.78 is 1.39. The zero-order valence-corrected chi connectivity index (χ0v) is 17.3. The van der Waals surface area contributed by atoms with Gasteiger partial charge in [0, 0.05) is 23.3 Å². The number of nitrogens with zero attached hydrogens (tertiary/aromatic N) is 3. The van der Waals surface area contributed by atoms with Crippen LogP contribution in [0.25, 0.3) is 16.9 Å². The van der Waals surface area contributed by atoms with Crippen LogP contribution in [0, 0.1) is 6.92 Å². The van der Waals surface area contributed by atoms with E-state index in [1.165, 1.54) is 45.9 Å². The van der Waals surface area contributed by atoms with Crippen LogP contribution in [-0.2, 0) is 12.8 Å². The second-order valence-electron chi connectivity index (χ2n) is 7.59. The highest BCUT2D eigenvalue weighted by Crippen LogP contribution is 2.29. The van der Waals surface area contributed by atoms with Crippen molar-refractivity contribution in [2.75, 3.05) is 5.32 Å². The highest BCUT2D eigenvalue weighted by Gasteiger charge is 2.16. The molecule has 0 bridgehead atoms. The van der Waals surface area contributed by atoms with E-state index >= 15 is 0 Å². The maximum Gasteiger partial charge on any atom is 0.270 e. The molecule has 1 aliphatic rings. The Morgan fingerprint density at radius 1 is 1.13 bits per heavy atom. The van der Waals surface area contributed by atoms with Crippen molar-refractivity contribution in [3.63, 3.8) is 0 Å². The third-order valence-corrected chi connectivity index (χ3v) is 6.22. The topological polar surface area (TPSA) is 76.4 Å². The molecule has 0 radical (unpaired) electrons. The Labute approximate surface area is 177 Å². The lowest BCUT2D eigenvalue weighted by atomic mass is 9.90. The number of carbonyl (C=O) groups excluding carboxylic acids is 1. The third-order valence-electron chi connectivity index (χ3n) is 5.46. The predicted molar refractivity (Wildman–Crippen MR) is 118 cm³/mol. The Balaban J connectivity index is 1.40. The molecule has 1 aromatic carbocycles. The number of nitrogens with one attached hydrogen (secondary N) is 1. The maximum absolute atomic E-state index is 12.7. The molecule has 0 saturated heterocycles. The lowest BCUT2D eigenvalue weighted by molar-refractivity contribution is 0.102. The second kappa shape index (κ2) is 7.50. The fourth-order valence-corrected chi connectivity index (χ4v) is 4.57. The quantitative estimate of drug-likeness (QED) is 0.541. The number of pyridine rings is 1. The molecule has 4 aromatic rings. The van der Waals surface area contributed by atoms with E-state index in [2.05, 4.69) is 33.5 Å². The summed E-state index contributed by atoms with van der Waals surface area (Å²) in [6.07, 6.45) is 7.73. The van der Waals surface area contributed by atoms with Gasteiger partial charge in [-0.05, 0) is 61.4 Å². The first-order valence-electron chi connectivity index (χ1n) is 9.95. The average molecular weight is 417 g/mol. The van der Waals surface area contributed by atoms with E-state index in [1.54, 1.807) is 12.3 Å². The van der Waals surface area contributed by atoms with Crippen LogP contribution in [0.3, 0.4) is 0 Å². The Bertz CT molecular complexity index is 1340. The van der Waals surface area contributed by atoms with Gasteiger partial charge in [-0.15, -0.1) is 11.3 Å². The molecule has 0 saturated carbocycles. The first-order chi connectivity index (χ1) is 14.6. The molecule has 30 heavy (non-hydrogen) atoms. The van der Waals surface area contributed by atoms with Gasteiger partial charge in [0.05, 0.1) is 5.69 Å². The van der Waals surface area contributed by atoms with Crippen LogP contribution < -0.4 is 10.9 Å². The van der Waals surface area contributed by atoms with Gasteiger partial charge >= 0.3 is 0 Å². The van der Waals surface area contributed by atoms with Gasteiger partial charge in [-0.25, -0.2) is 9.97 Å². The zero-order chi connectivity index (χ0) is 20.7. The summed E-state index contributed by atoms with van der Waals surface area (Å²) in [5, 5.41) is 5.13. The number of aryl methyl sites for hydroxylation is 3. The Kier molecular flexibility index (Phi) is 4.67. The lowest BCUT2D eigenvalue weighted by Gasteiger charge is -2.16. The van der Waals surface area contributed by atoms with Crippen LogP contribution in [0.1, 0.15) is 39.9 Å². The molecule has 3 heterocycles. The number of benzene rings is 1. The number of carbonyl (C=O) groups is 1. The summed E-state index contributed by atoms with van der Waals surface area (Å²) >= 11 is 1.34. The van der Waals surface area contributed by atoms with Gasteiger partial charge in [-0.3, -0.25) is 19.3 Å². The minimum absolute atomic E-state index is 0.0105. The highest BCUT2D eigenvalue weighted by molar-refractivity contribution is 7.14. The van der Waals surface area contributed by atoms with Gasteiger partial charge < -0.3 is 0 Å². The van der Waals surface area contributed by atoms with Crippen molar-refractivity contribution in [3.05, 3.63) is 80.7 Å². The Morgan fingerprint density at radius 3 is 2.83 bits per heavy atom. The fraction of sp³-hybridized carbons (Fsp3) is 0.217. The lowest BCUT2D eigenvalue weighted by Crippen LogP contribution is -2.26. The molecule has 1 N–H and O–H groups in total. The van der Waals surface area contributed by atoms with Crippen molar-refractivity contribution in [2.45, 2.75) is 32.6 Å². The molecule has 0 aliphatic heterocycles. The molecule has 1 amide bonds. The Morgan fingerprint density at radius 2 is 1.97 bits per heavy atom. The molecule has 5 rings (SSSR count). The minimum atomic E-state index is -0.505. The van der Waals surface area contributed by atoms with Crippen molar-refractivity contribution in [1.29, 1.82) is 0 Å². The summed E-state index contributed by atoms with van der Waals surface area (Å²) in [7, 11) is 0. The zero-order valence-electron chi connectivity index (χ0n) is 16.5. The van der Waals surface area contributed by atoms with Crippen molar-refractivity contribution >= 4 is 28.0 Å². The van der Waals surface area contributed by atoms with Crippen LogP contribution in [0.15, 0.2) is 52.9 Å². The van der Waals surface area contributed by atoms with Gasteiger partial charge in [0.15, 0.2) is 5.13 Å².